The van der Waals surface area contributed by atoms with Gasteiger partial charge in [-0.15, -0.1) is 12.4 Å². The molecule has 0 spiro atoms. The fraction of sp³-hybridized carbons (Fsp3) is 0.318. The number of nitrogens with two attached hydrogens (primary N) is 1. The summed E-state index contributed by atoms with van der Waals surface area (Å²) in [4.78, 5) is 12.4. The molecule has 1 aliphatic rings. The number of fused-ring (bicyclic) bond motifs is 1. The number of carbonyl (C=O) groups excluding carboxylic acids is 1. The SMILES string of the molecule is Cl.NC1CCC(NC(=O)c2ccc(COc3ccc4ccccc4c3)o2)CC1. The van der Waals surface area contributed by atoms with Crippen molar-refractivity contribution < 1.29 is 13.9 Å². The highest BCUT2D eigenvalue weighted by molar-refractivity contribution is 5.91. The number of hydrogen-bond donors (Lipinski definition) is 2. The van der Waals surface area contributed by atoms with E-state index in [1.807, 2.05) is 30.3 Å². The van der Waals surface area contributed by atoms with Gasteiger partial charge >= 0.3 is 0 Å². The van der Waals surface area contributed by atoms with Crippen LogP contribution >= 0.6 is 12.4 Å². The monoisotopic (exact) mass is 400 g/mol. The van der Waals surface area contributed by atoms with Crippen molar-refractivity contribution >= 4 is 29.1 Å². The topological polar surface area (TPSA) is 77.5 Å². The molecule has 5 nitrogen and oxygen atoms in total. The molecule has 1 aliphatic carbocycles. The van der Waals surface area contributed by atoms with Crippen LogP contribution in [0.2, 0.25) is 0 Å². The van der Waals surface area contributed by atoms with Crippen LogP contribution in [-0.2, 0) is 6.61 Å². The van der Waals surface area contributed by atoms with Crippen LogP contribution in [0.3, 0.4) is 0 Å². The van der Waals surface area contributed by atoms with Crippen LogP contribution in [0.4, 0.5) is 0 Å². The van der Waals surface area contributed by atoms with Gasteiger partial charge in [-0.25, -0.2) is 0 Å². The van der Waals surface area contributed by atoms with E-state index < -0.39 is 0 Å². The lowest BCUT2D eigenvalue weighted by atomic mass is 9.92. The van der Waals surface area contributed by atoms with Crippen molar-refractivity contribution in [1.82, 2.24) is 5.32 Å². The average Bonchev–Trinajstić information content (AvgIpc) is 3.17. The first-order chi connectivity index (χ1) is 13.2. The molecule has 0 bridgehead atoms. The zero-order valence-electron chi connectivity index (χ0n) is 15.6. The molecule has 3 N–H and O–H groups in total. The summed E-state index contributed by atoms with van der Waals surface area (Å²) in [5, 5.41) is 5.33. The second kappa shape index (κ2) is 9.13. The molecular weight excluding hydrogens is 376 g/mol. The lowest BCUT2D eigenvalue weighted by Crippen LogP contribution is -2.40. The van der Waals surface area contributed by atoms with Gasteiger partial charge < -0.3 is 20.2 Å². The molecule has 0 radical (unpaired) electrons. The van der Waals surface area contributed by atoms with Gasteiger partial charge in [0.25, 0.3) is 5.91 Å². The van der Waals surface area contributed by atoms with E-state index in [0.717, 1.165) is 36.8 Å². The quantitative estimate of drug-likeness (QED) is 0.664. The summed E-state index contributed by atoms with van der Waals surface area (Å²) in [5.74, 6) is 1.54. The summed E-state index contributed by atoms with van der Waals surface area (Å²) >= 11 is 0. The van der Waals surface area contributed by atoms with Crippen LogP contribution in [0.25, 0.3) is 10.8 Å². The Morgan fingerprint density at radius 3 is 2.57 bits per heavy atom. The summed E-state index contributed by atoms with van der Waals surface area (Å²) in [6, 6.07) is 18.0. The third-order valence-corrected chi connectivity index (χ3v) is 5.09. The maximum atomic E-state index is 12.4. The van der Waals surface area contributed by atoms with Gasteiger partial charge in [-0.05, 0) is 60.7 Å². The van der Waals surface area contributed by atoms with Crippen LogP contribution in [-0.4, -0.2) is 18.0 Å². The van der Waals surface area contributed by atoms with Gasteiger partial charge in [-0.1, -0.05) is 30.3 Å². The lowest BCUT2D eigenvalue weighted by molar-refractivity contribution is 0.0893. The van der Waals surface area contributed by atoms with Crippen molar-refractivity contribution in [1.29, 1.82) is 0 Å². The molecule has 6 heteroatoms. The van der Waals surface area contributed by atoms with E-state index in [-0.39, 0.29) is 37.0 Å². The Balaban J connectivity index is 0.00000225. The summed E-state index contributed by atoms with van der Waals surface area (Å²) in [5.41, 5.74) is 5.91. The summed E-state index contributed by atoms with van der Waals surface area (Å²) in [7, 11) is 0. The Labute approximate surface area is 170 Å². The van der Waals surface area contributed by atoms with E-state index in [1.54, 1.807) is 12.1 Å². The molecule has 1 heterocycles. The van der Waals surface area contributed by atoms with Crippen molar-refractivity contribution in [3.63, 3.8) is 0 Å². The predicted octanol–water partition coefficient (Wildman–Crippen LogP) is 4.43. The first-order valence-electron chi connectivity index (χ1n) is 9.44. The number of amides is 1. The number of benzene rings is 2. The summed E-state index contributed by atoms with van der Waals surface area (Å²) in [6.07, 6.45) is 3.75. The minimum absolute atomic E-state index is 0. The maximum absolute atomic E-state index is 12.4. The van der Waals surface area contributed by atoms with E-state index >= 15 is 0 Å². The highest BCUT2D eigenvalue weighted by Gasteiger charge is 2.21. The molecular formula is C22H25ClN2O3. The lowest BCUT2D eigenvalue weighted by Gasteiger charge is -2.26. The second-order valence-electron chi connectivity index (χ2n) is 7.15. The first kappa shape index (κ1) is 20.2. The number of nitrogens with one attached hydrogen (secondary N) is 1. The van der Waals surface area contributed by atoms with Crippen molar-refractivity contribution in [2.75, 3.05) is 0 Å². The van der Waals surface area contributed by atoms with Gasteiger partial charge in [0.1, 0.15) is 18.1 Å². The standard InChI is InChI=1S/C22H24N2O3.ClH/c23-17-6-8-18(9-7-17)24-22(25)21-12-11-20(27-21)14-26-19-10-5-15-3-1-2-4-16(15)13-19;/h1-5,10-13,17-18H,6-9,14,23H2,(H,24,25);1H. The number of furan rings is 1. The van der Waals surface area contributed by atoms with Crippen LogP contribution in [0.1, 0.15) is 42.0 Å². The zero-order chi connectivity index (χ0) is 18.6. The minimum atomic E-state index is -0.174. The molecule has 1 saturated carbocycles. The number of hydrogen-bond acceptors (Lipinski definition) is 4. The molecule has 1 aromatic heterocycles. The van der Waals surface area contributed by atoms with Gasteiger partial charge in [-0.2, -0.15) is 0 Å². The van der Waals surface area contributed by atoms with E-state index in [0.29, 0.717) is 11.5 Å². The molecule has 1 amide bonds. The second-order valence-corrected chi connectivity index (χ2v) is 7.15. The van der Waals surface area contributed by atoms with E-state index in [4.69, 9.17) is 14.9 Å². The van der Waals surface area contributed by atoms with Crippen LogP contribution in [0, 0.1) is 0 Å². The molecule has 0 aliphatic heterocycles. The third-order valence-electron chi connectivity index (χ3n) is 5.09. The fourth-order valence-electron chi connectivity index (χ4n) is 3.51. The smallest absolute Gasteiger partial charge is 0.287 e. The molecule has 1 fully saturated rings. The molecule has 28 heavy (non-hydrogen) atoms. The number of rotatable bonds is 5. The van der Waals surface area contributed by atoms with Crippen molar-refractivity contribution in [2.24, 2.45) is 5.73 Å². The predicted molar refractivity (Wildman–Crippen MR) is 112 cm³/mol. The van der Waals surface area contributed by atoms with Gasteiger partial charge in [0, 0.05) is 12.1 Å². The molecule has 4 rings (SSSR count). The Bertz CT molecular complexity index is 932. The average molecular weight is 401 g/mol. The van der Waals surface area contributed by atoms with Crippen molar-refractivity contribution in [3.8, 4) is 5.75 Å². The van der Waals surface area contributed by atoms with E-state index in [1.165, 1.54) is 5.39 Å². The van der Waals surface area contributed by atoms with E-state index in [2.05, 4.69) is 17.4 Å². The van der Waals surface area contributed by atoms with Crippen LogP contribution in [0.5, 0.6) is 5.75 Å². The first-order valence-corrected chi connectivity index (χ1v) is 9.44. The zero-order valence-corrected chi connectivity index (χ0v) is 16.4. The summed E-state index contributed by atoms with van der Waals surface area (Å²) < 4.78 is 11.5. The van der Waals surface area contributed by atoms with Crippen molar-refractivity contribution in [2.45, 2.75) is 44.4 Å². The highest BCUT2D eigenvalue weighted by atomic mass is 35.5. The van der Waals surface area contributed by atoms with Gasteiger partial charge in [0.15, 0.2) is 5.76 Å². The molecule has 3 aromatic rings. The van der Waals surface area contributed by atoms with Crippen LogP contribution in [0.15, 0.2) is 59.0 Å². The Morgan fingerprint density at radius 1 is 1.04 bits per heavy atom. The van der Waals surface area contributed by atoms with E-state index in [9.17, 15) is 4.79 Å². The maximum Gasteiger partial charge on any atom is 0.287 e. The van der Waals surface area contributed by atoms with Gasteiger partial charge in [0.05, 0.1) is 0 Å². The van der Waals surface area contributed by atoms with Gasteiger partial charge in [-0.3, -0.25) is 4.79 Å². The Hall–Kier alpha value is -2.50. The largest absolute Gasteiger partial charge is 0.486 e. The number of ether oxygens (including phenoxy) is 1. The van der Waals surface area contributed by atoms with Crippen molar-refractivity contribution in [3.05, 3.63) is 66.1 Å². The minimum Gasteiger partial charge on any atom is -0.486 e. The number of carbonyl (C=O) groups is 1. The normalized spacial score (nSPS) is 19.0. The molecule has 0 saturated heterocycles. The molecule has 0 atom stereocenters. The van der Waals surface area contributed by atoms with Gasteiger partial charge in [0.2, 0.25) is 0 Å². The fourth-order valence-corrected chi connectivity index (χ4v) is 3.51. The molecule has 148 valence electrons. The third kappa shape index (κ3) is 4.86. The number of halogens is 1. The Morgan fingerprint density at radius 2 is 1.79 bits per heavy atom. The molecule has 0 unspecified atom stereocenters. The highest BCUT2D eigenvalue weighted by Crippen LogP contribution is 2.22. The summed E-state index contributed by atoms with van der Waals surface area (Å²) in [6.45, 7) is 0.282. The van der Waals surface area contributed by atoms with Crippen LogP contribution < -0.4 is 15.8 Å². The molecule has 2 aromatic carbocycles. The Kier molecular flexibility index (Phi) is 6.60.